The summed E-state index contributed by atoms with van der Waals surface area (Å²) in [6.07, 6.45) is 1.08. The van der Waals surface area contributed by atoms with Gasteiger partial charge < -0.3 is 10.5 Å². The van der Waals surface area contributed by atoms with Crippen LogP contribution < -0.4 is 10.5 Å². The van der Waals surface area contributed by atoms with Crippen LogP contribution in [-0.4, -0.2) is 13.2 Å². The number of nitrogens with two attached hydrogens (primary N) is 1. The summed E-state index contributed by atoms with van der Waals surface area (Å²) >= 11 is 0. The van der Waals surface area contributed by atoms with E-state index in [0.29, 0.717) is 17.9 Å². The van der Waals surface area contributed by atoms with Gasteiger partial charge in [0, 0.05) is 6.04 Å². The van der Waals surface area contributed by atoms with E-state index >= 15 is 0 Å². The summed E-state index contributed by atoms with van der Waals surface area (Å²) in [7, 11) is 1.72. The van der Waals surface area contributed by atoms with Gasteiger partial charge in [0.2, 0.25) is 0 Å². The topological polar surface area (TPSA) is 35.2 Å². The Labute approximate surface area is 85.1 Å². The van der Waals surface area contributed by atoms with Gasteiger partial charge in [-0.3, -0.25) is 0 Å². The van der Waals surface area contributed by atoms with Crippen molar-refractivity contribution < 1.29 is 4.74 Å². The number of rotatable bonds is 2. The fourth-order valence-electron chi connectivity index (χ4n) is 2.21. The van der Waals surface area contributed by atoms with Crippen molar-refractivity contribution >= 4 is 0 Å². The molecule has 1 aromatic carbocycles. The van der Waals surface area contributed by atoms with Gasteiger partial charge in [0.05, 0.1) is 7.11 Å². The highest BCUT2D eigenvalue weighted by atomic mass is 16.5. The Hall–Kier alpha value is -1.02. The highest BCUT2D eigenvalue weighted by Gasteiger charge is 2.37. The van der Waals surface area contributed by atoms with Crippen molar-refractivity contribution in [1.29, 1.82) is 0 Å². The maximum atomic E-state index is 5.90. The minimum atomic E-state index is 0.366. The van der Waals surface area contributed by atoms with Crippen LogP contribution >= 0.6 is 0 Å². The SMILES string of the molecule is COc1ccccc1C1CC(N)C1C. The lowest BCUT2D eigenvalue weighted by Crippen LogP contribution is -2.44. The Bertz CT molecular complexity index is 324. The van der Waals surface area contributed by atoms with E-state index in [4.69, 9.17) is 10.5 Å². The fourth-order valence-corrected chi connectivity index (χ4v) is 2.21. The Balaban J connectivity index is 2.24. The van der Waals surface area contributed by atoms with Crippen molar-refractivity contribution in [2.45, 2.75) is 25.3 Å². The third-order valence-corrected chi connectivity index (χ3v) is 3.37. The Morgan fingerprint density at radius 2 is 2.07 bits per heavy atom. The number of hydrogen-bond acceptors (Lipinski definition) is 2. The molecule has 0 aromatic heterocycles. The van der Waals surface area contributed by atoms with Gasteiger partial charge in [-0.2, -0.15) is 0 Å². The number of methoxy groups -OCH3 is 1. The van der Waals surface area contributed by atoms with E-state index in [1.807, 2.05) is 12.1 Å². The molecule has 0 spiro atoms. The van der Waals surface area contributed by atoms with Crippen LogP contribution in [0.2, 0.25) is 0 Å². The van der Waals surface area contributed by atoms with Gasteiger partial charge in [0.1, 0.15) is 5.75 Å². The smallest absolute Gasteiger partial charge is 0.122 e. The molecule has 3 atom stereocenters. The van der Waals surface area contributed by atoms with Crippen molar-refractivity contribution in [3.8, 4) is 5.75 Å². The molecule has 0 bridgehead atoms. The van der Waals surface area contributed by atoms with Gasteiger partial charge in [-0.05, 0) is 29.9 Å². The van der Waals surface area contributed by atoms with Gasteiger partial charge in [0.15, 0.2) is 0 Å². The van der Waals surface area contributed by atoms with E-state index in [9.17, 15) is 0 Å². The Morgan fingerprint density at radius 1 is 1.36 bits per heavy atom. The third kappa shape index (κ3) is 1.40. The minimum Gasteiger partial charge on any atom is -0.496 e. The quantitative estimate of drug-likeness (QED) is 0.777. The molecule has 0 aliphatic heterocycles. The molecule has 1 aromatic rings. The molecule has 0 heterocycles. The zero-order valence-electron chi connectivity index (χ0n) is 8.73. The summed E-state index contributed by atoms with van der Waals surface area (Å²) in [5.74, 6) is 2.16. The van der Waals surface area contributed by atoms with Gasteiger partial charge >= 0.3 is 0 Å². The molecule has 0 saturated heterocycles. The number of benzene rings is 1. The van der Waals surface area contributed by atoms with Crippen LogP contribution in [0.25, 0.3) is 0 Å². The Kier molecular flexibility index (Phi) is 2.46. The second kappa shape index (κ2) is 3.62. The monoisotopic (exact) mass is 191 g/mol. The second-order valence-electron chi connectivity index (χ2n) is 4.11. The van der Waals surface area contributed by atoms with E-state index in [2.05, 4.69) is 19.1 Å². The molecule has 76 valence electrons. The summed E-state index contributed by atoms with van der Waals surface area (Å²) in [5, 5.41) is 0. The largest absolute Gasteiger partial charge is 0.496 e. The zero-order valence-corrected chi connectivity index (χ0v) is 8.73. The molecule has 2 N–H and O–H groups in total. The molecule has 1 aliphatic rings. The molecule has 2 nitrogen and oxygen atoms in total. The lowest BCUT2D eigenvalue weighted by atomic mass is 9.67. The fraction of sp³-hybridized carbons (Fsp3) is 0.500. The summed E-state index contributed by atoms with van der Waals surface area (Å²) in [5.41, 5.74) is 7.21. The molecule has 0 radical (unpaired) electrons. The maximum absolute atomic E-state index is 5.90. The van der Waals surface area contributed by atoms with E-state index in [1.54, 1.807) is 7.11 Å². The first-order valence-electron chi connectivity index (χ1n) is 5.12. The summed E-state index contributed by atoms with van der Waals surface area (Å²) in [6, 6.07) is 8.60. The van der Waals surface area contributed by atoms with Crippen molar-refractivity contribution in [2.75, 3.05) is 7.11 Å². The first kappa shape index (κ1) is 9.53. The Morgan fingerprint density at radius 3 is 2.64 bits per heavy atom. The number of hydrogen-bond donors (Lipinski definition) is 1. The molecule has 1 aliphatic carbocycles. The molecule has 1 fully saturated rings. The van der Waals surface area contributed by atoms with Crippen LogP contribution in [0.1, 0.15) is 24.8 Å². The van der Waals surface area contributed by atoms with Crippen LogP contribution in [0.15, 0.2) is 24.3 Å². The van der Waals surface area contributed by atoms with Crippen LogP contribution in [0, 0.1) is 5.92 Å². The normalized spacial score (nSPS) is 30.9. The number of ether oxygens (including phenoxy) is 1. The van der Waals surface area contributed by atoms with Crippen LogP contribution in [0.4, 0.5) is 0 Å². The first-order valence-corrected chi connectivity index (χ1v) is 5.12. The average molecular weight is 191 g/mol. The second-order valence-corrected chi connectivity index (χ2v) is 4.11. The van der Waals surface area contributed by atoms with E-state index in [-0.39, 0.29) is 0 Å². The molecule has 2 heteroatoms. The van der Waals surface area contributed by atoms with Crippen LogP contribution in [-0.2, 0) is 0 Å². The molecule has 14 heavy (non-hydrogen) atoms. The van der Waals surface area contributed by atoms with E-state index in [1.165, 1.54) is 5.56 Å². The van der Waals surface area contributed by atoms with Gasteiger partial charge in [0.25, 0.3) is 0 Å². The lowest BCUT2D eigenvalue weighted by molar-refractivity contribution is 0.221. The summed E-state index contributed by atoms with van der Waals surface area (Å²) in [4.78, 5) is 0. The van der Waals surface area contributed by atoms with Crippen molar-refractivity contribution in [2.24, 2.45) is 11.7 Å². The predicted octanol–water partition coefficient (Wildman–Crippen LogP) is 2.15. The van der Waals surface area contributed by atoms with Crippen molar-refractivity contribution in [1.82, 2.24) is 0 Å². The molecule has 2 rings (SSSR count). The zero-order chi connectivity index (χ0) is 10.1. The van der Waals surface area contributed by atoms with E-state index < -0.39 is 0 Å². The minimum absolute atomic E-state index is 0.366. The first-order chi connectivity index (χ1) is 6.74. The van der Waals surface area contributed by atoms with Crippen molar-refractivity contribution in [3.63, 3.8) is 0 Å². The average Bonchev–Trinajstić information content (AvgIpc) is 2.25. The molecular formula is C12H17NO. The summed E-state index contributed by atoms with van der Waals surface area (Å²) < 4.78 is 5.34. The predicted molar refractivity (Wildman–Crippen MR) is 57.5 cm³/mol. The van der Waals surface area contributed by atoms with Gasteiger partial charge in [-0.15, -0.1) is 0 Å². The molecular weight excluding hydrogens is 174 g/mol. The van der Waals surface area contributed by atoms with Crippen LogP contribution in [0.3, 0.4) is 0 Å². The molecule has 3 unspecified atom stereocenters. The number of para-hydroxylation sites is 1. The maximum Gasteiger partial charge on any atom is 0.122 e. The molecule has 0 amide bonds. The van der Waals surface area contributed by atoms with Crippen LogP contribution in [0.5, 0.6) is 5.75 Å². The highest BCUT2D eigenvalue weighted by Crippen LogP contribution is 2.44. The third-order valence-electron chi connectivity index (χ3n) is 3.37. The van der Waals surface area contributed by atoms with Gasteiger partial charge in [-0.25, -0.2) is 0 Å². The highest BCUT2D eigenvalue weighted by molar-refractivity contribution is 5.38. The standard InChI is InChI=1S/C12H17NO/c1-8-10(7-11(8)13)9-5-3-4-6-12(9)14-2/h3-6,8,10-11H,7,13H2,1-2H3. The van der Waals surface area contributed by atoms with Gasteiger partial charge in [-0.1, -0.05) is 25.1 Å². The summed E-state index contributed by atoms with van der Waals surface area (Å²) in [6.45, 7) is 2.21. The lowest BCUT2D eigenvalue weighted by Gasteiger charge is -2.41. The van der Waals surface area contributed by atoms with Crippen molar-refractivity contribution in [3.05, 3.63) is 29.8 Å². The molecule has 1 saturated carbocycles. The van der Waals surface area contributed by atoms with E-state index in [0.717, 1.165) is 12.2 Å².